The Morgan fingerprint density at radius 1 is 0.977 bits per heavy atom. The zero-order valence-corrected chi connectivity index (χ0v) is 24.7. The Morgan fingerprint density at radius 2 is 1.70 bits per heavy atom. The molecule has 1 aliphatic rings. The van der Waals surface area contributed by atoms with Gasteiger partial charge in [-0.1, -0.05) is 17.7 Å². The molecule has 0 radical (unpaired) electrons. The van der Waals surface area contributed by atoms with Crippen LogP contribution in [-0.4, -0.2) is 74.5 Å². The SMILES string of the molecule is COc1cncc(-c2ccc3ncc4c(c3c2)n(-c2ccc(N3CCNCC3)c(Cl)c2)c(=O)n4C)c1.O=C(O)/C=C\C(=O)O. The lowest BCUT2D eigenvalue weighted by Crippen LogP contribution is -2.43. The van der Waals surface area contributed by atoms with Crippen molar-refractivity contribution in [3.8, 4) is 22.6 Å². The van der Waals surface area contributed by atoms with Crippen molar-refractivity contribution in [2.45, 2.75) is 0 Å². The van der Waals surface area contributed by atoms with Crippen LogP contribution < -0.4 is 20.6 Å². The van der Waals surface area contributed by atoms with Crippen molar-refractivity contribution in [2.24, 2.45) is 7.05 Å². The van der Waals surface area contributed by atoms with Crippen LogP contribution in [-0.2, 0) is 16.6 Å². The van der Waals surface area contributed by atoms with Crippen molar-refractivity contribution < 1.29 is 24.5 Å². The summed E-state index contributed by atoms with van der Waals surface area (Å²) in [5.74, 6) is -1.83. The van der Waals surface area contributed by atoms with Gasteiger partial charge in [0.25, 0.3) is 0 Å². The Hall–Kier alpha value is -5.20. The van der Waals surface area contributed by atoms with Crippen molar-refractivity contribution in [3.05, 3.63) is 88.7 Å². The number of pyridine rings is 2. The number of aromatic nitrogens is 4. The Labute approximate surface area is 256 Å². The van der Waals surface area contributed by atoms with E-state index in [1.54, 1.807) is 41.9 Å². The minimum Gasteiger partial charge on any atom is -0.495 e. The van der Waals surface area contributed by atoms with Crippen molar-refractivity contribution in [1.29, 1.82) is 0 Å². The van der Waals surface area contributed by atoms with Gasteiger partial charge in [0, 0.05) is 62.5 Å². The Kier molecular flexibility index (Phi) is 8.93. The largest absolute Gasteiger partial charge is 0.495 e. The molecule has 4 heterocycles. The van der Waals surface area contributed by atoms with Gasteiger partial charge in [0.05, 0.1) is 52.5 Å². The van der Waals surface area contributed by atoms with E-state index < -0.39 is 11.9 Å². The summed E-state index contributed by atoms with van der Waals surface area (Å²) < 4.78 is 8.70. The molecule has 0 bridgehead atoms. The van der Waals surface area contributed by atoms with E-state index in [9.17, 15) is 14.4 Å². The molecule has 13 heteroatoms. The third kappa shape index (κ3) is 6.26. The molecule has 2 aromatic carbocycles. The fraction of sp³-hybridized carbons (Fsp3) is 0.194. The minimum absolute atomic E-state index is 0.154. The van der Waals surface area contributed by atoms with Crippen LogP contribution in [0.5, 0.6) is 5.75 Å². The number of aryl methyl sites for hydroxylation is 1. The van der Waals surface area contributed by atoms with Gasteiger partial charge in [-0.15, -0.1) is 0 Å². The van der Waals surface area contributed by atoms with E-state index in [1.807, 2.05) is 42.5 Å². The highest BCUT2D eigenvalue weighted by molar-refractivity contribution is 6.33. The second kappa shape index (κ2) is 13.0. The van der Waals surface area contributed by atoms with Crippen LogP contribution in [0.25, 0.3) is 38.8 Å². The van der Waals surface area contributed by atoms with Crippen LogP contribution in [0.15, 0.2) is 78.0 Å². The fourth-order valence-corrected chi connectivity index (χ4v) is 5.34. The normalized spacial score (nSPS) is 13.2. The number of imidazole rings is 1. The summed E-state index contributed by atoms with van der Waals surface area (Å²) >= 11 is 6.76. The van der Waals surface area contributed by atoms with Crippen molar-refractivity contribution >= 4 is 51.2 Å². The third-order valence-electron chi connectivity index (χ3n) is 7.18. The first kappa shape index (κ1) is 30.3. The number of carbonyl (C=O) groups is 2. The number of nitrogens with zero attached hydrogens (tertiary/aromatic N) is 5. The highest BCUT2D eigenvalue weighted by Crippen LogP contribution is 2.33. The molecule has 1 fully saturated rings. The third-order valence-corrected chi connectivity index (χ3v) is 7.48. The van der Waals surface area contributed by atoms with Crippen molar-refractivity contribution in [2.75, 3.05) is 38.2 Å². The molecule has 3 aromatic heterocycles. The molecule has 1 aliphatic heterocycles. The van der Waals surface area contributed by atoms with Gasteiger partial charge in [0.1, 0.15) is 5.75 Å². The Balaban J connectivity index is 0.000000426. The maximum absolute atomic E-state index is 13.5. The molecular formula is C31H29ClN6O6. The number of hydrogen-bond acceptors (Lipinski definition) is 8. The smallest absolute Gasteiger partial charge is 0.333 e. The van der Waals surface area contributed by atoms with Crippen LogP contribution in [0.1, 0.15) is 0 Å². The molecule has 3 N–H and O–H groups in total. The predicted octanol–water partition coefficient (Wildman–Crippen LogP) is 3.72. The number of carboxylic acid groups (broad SMARTS) is 2. The van der Waals surface area contributed by atoms with Gasteiger partial charge in [-0.2, -0.15) is 0 Å². The molecule has 12 nitrogen and oxygen atoms in total. The van der Waals surface area contributed by atoms with E-state index in [-0.39, 0.29) is 5.69 Å². The Morgan fingerprint density at radius 3 is 2.36 bits per heavy atom. The first-order valence-electron chi connectivity index (χ1n) is 13.6. The molecule has 5 aromatic rings. The van der Waals surface area contributed by atoms with Crippen LogP contribution in [0.2, 0.25) is 5.02 Å². The topological polar surface area (TPSA) is 152 Å². The molecule has 44 heavy (non-hydrogen) atoms. The van der Waals surface area contributed by atoms with Gasteiger partial charge in [0.15, 0.2) is 0 Å². The number of ether oxygens (including phenoxy) is 1. The lowest BCUT2D eigenvalue weighted by molar-refractivity contribution is -0.134. The Bertz CT molecular complexity index is 1950. The van der Waals surface area contributed by atoms with Crippen LogP contribution in [0.3, 0.4) is 0 Å². The van der Waals surface area contributed by atoms with Crippen LogP contribution in [0, 0.1) is 0 Å². The predicted molar refractivity (Wildman–Crippen MR) is 168 cm³/mol. The molecule has 0 saturated carbocycles. The number of hydrogen-bond donors (Lipinski definition) is 3. The van der Waals surface area contributed by atoms with E-state index in [0.29, 0.717) is 22.9 Å². The molecule has 0 aliphatic carbocycles. The van der Waals surface area contributed by atoms with Crippen LogP contribution in [0.4, 0.5) is 5.69 Å². The molecule has 0 amide bonds. The number of aliphatic carboxylic acids is 2. The lowest BCUT2D eigenvalue weighted by Gasteiger charge is -2.30. The van der Waals surface area contributed by atoms with Gasteiger partial charge in [0.2, 0.25) is 0 Å². The summed E-state index contributed by atoms with van der Waals surface area (Å²) in [5.41, 5.74) is 5.75. The number of nitrogens with one attached hydrogen (secondary N) is 1. The standard InChI is InChI=1S/C27H25ClN6O2.C4H4O4/c1-32-25-16-31-23-5-3-17(18-11-20(36-2)15-30-14-18)12-21(23)26(25)34(27(32)35)19-4-6-24(22(28)13-19)33-9-7-29-8-10-33;5-3(6)1-2-4(7)8/h3-6,11-16,29H,7-10H2,1-2H3;1-2H,(H,5,6)(H,7,8)/b;2-1-. The number of rotatable bonds is 6. The molecule has 0 atom stereocenters. The molecular weight excluding hydrogens is 588 g/mol. The zero-order valence-electron chi connectivity index (χ0n) is 23.9. The lowest BCUT2D eigenvalue weighted by atomic mass is 10.0. The van der Waals surface area contributed by atoms with E-state index in [4.69, 9.17) is 26.6 Å². The molecule has 0 unspecified atom stereocenters. The summed E-state index contributed by atoms with van der Waals surface area (Å²) in [7, 11) is 3.39. The van der Waals surface area contributed by atoms with E-state index in [1.165, 1.54) is 0 Å². The number of piperazine rings is 1. The number of halogens is 1. The number of methoxy groups -OCH3 is 1. The minimum atomic E-state index is -1.26. The number of fused-ring (bicyclic) bond motifs is 3. The summed E-state index contributed by atoms with van der Waals surface area (Å²) in [4.78, 5) is 43.8. The van der Waals surface area contributed by atoms with Crippen molar-refractivity contribution in [3.63, 3.8) is 0 Å². The summed E-state index contributed by atoms with van der Waals surface area (Å²) in [6.45, 7) is 3.63. The van der Waals surface area contributed by atoms with Gasteiger partial charge in [-0.05, 0) is 42.0 Å². The molecule has 0 spiro atoms. The van der Waals surface area contributed by atoms with Gasteiger partial charge >= 0.3 is 17.6 Å². The first-order chi connectivity index (χ1) is 21.2. The second-order valence-electron chi connectivity index (χ2n) is 9.90. The molecule has 1 saturated heterocycles. The number of carboxylic acids is 2. The summed E-state index contributed by atoms with van der Waals surface area (Å²) in [6, 6.07) is 13.8. The van der Waals surface area contributed by atoms with Gasteiger partial charge in [-0.3, -0.25) is 19.1 Å². The fourth-order valence-electron chi connectivity index (χ4n) is 5.04. The summed E-state index contributed by atoms with van der Waals surface area (Å²) in [6.07, 6.45) is 6.33. The van der Waals surface area contributed by atoms with Gasteiger partial charge < -0.3 is 25.2 Å². The average Bonchev–Trinajstić information content (AvgIpc) is 3.30. The monoisotopic (exact) mass is 616 g/mol. The average molecular weight is 617 g/mol. The zero-order chi connectivity index (χ0) is 31.4. The van der Waals surface area contributed by atoms with E-state index in [2.05, 4.69) is 20.2 Å². The van der Waals surface area contributed by atoms with Crippen LogP contribution >= 0.6 is 11.6 Å². The maximum Gasteiger partial charge on any atom is 0.333 e. The highest BCUT2D eigenvalue weighted by atomic mass is 35.5. The number of benzene rings is 2. The highest BCUT2D eigenvalue weighted by Gasteiger charge is 2.19. The number of anilines is 1. The second-order valence-corrected chi connectivity index (χ2v) is 10.3. The molecule has 226 valence electrons. The molecule has 6 rings (SSSR count). The quantitative estimate of drug-likeness (QED) is 0.241. The maximum atomic E-state index is 13.5. The van der Waals surface area contributed by atoms with E-state index >= 15 is 0 Å². The van der Waals surface area contributed by atoms with E-state index in [0.717, 1.165) is 70.6 Å². The van der Waals surface area contributed by atoms with Crippen molar-refractivity contribution in [1.82, 2.24) is 24.4 Å². The first-order valence-corrected chi connectivity index (χ1v) is 13.9. The van der Waals surface area contributed by atoms with Gasteiger partial charge in [-0.25, -0.2) is 14.4 Å². The summed E-state index contributed by atoms with van der Waals surface area (Å²) in [5, 5.41) is 20.5.